The van der Waals surface area contributed by atoms with Crippen molar-refractivity contribution in [3.63, 3.8) is 0 Å². The molecule has 0 heterocycles. The Morgan fingerprint density at radius 2 is 1.90 bits per heavy atom. The van der Waals surface area contributed by atoms with Gasteiger partial charge in [-0.3, -0.25) is 4.79 Å². The molecule has 0 saturated heterocycles. The van der Waals surface area contributed by atoms with E-state index in [1.165, 1.54) is 38.1 Å². The van der Waals surface area contributed by atoms with Gasteiger partial charge < -0.3 is 4.74 Å². The second-order valence-electron chi connectivity index (χ2n) is 4.01. The SMILES string of the molecule is C[C@H](NS(=O)(=O)c1ccc(Cl)cc1)C(=O)O[C@@H](C)C#N. The number of nitrogens with zero attached hydrogens (tertiary/aromatic N) is 1. The molecule has 8 heteroatoms. The van der Waals surface area contributed by atoms with Gasteiger partial charge in [0, 0.05) is 5.02 Å². The number of hydrogen-bond acceptors (Lipinski definition) is 5. The molecular formula is C12H13ClN2O4S. The molecule has 0 saturated carbocycles. The first-order chi connectivity index (χ1) is 9.26. The van der Waals surface area contributed by atoms with Crippen molar-refractivity contribution in [2.24, 2.45) is 0 Å². The van der Waals surface area contributed by atoms with Crippen LogP contribution in [0.2, 0.25) is 5.02 Å². The lowest BCUT2D eigenvalue weighted by Crippen LogP contribution is -2.40. The van der Waals surface area contributed by atoms with Crippen LogP contribution in [-0.2, 0) is 19.6 Å². The molecule has 2 atom stereocenters. The number of nitriles is 1. The second-order valence-corrected chi connectivity index (χ2v) is 6.16. The number of ether oxygens (including phenoxy) is 1. The molecule has 0 fully saturated rings. The number of hydrogen-bond donors (Lipinski definition) is 1. The summed E-state index contributed by atoms with van der Waals surface area (Å²) < 4.78 is 30.9. The summed E-state index contributed by atoms with van der Waals surface area (Å²) in [6.07, 6.45) is -0.940. The van der Waals surface area contributed by atoms with Crippen LogP contribution in [0, 0.1) is 11.3 Å². The Bertz CT molecular complexity index is 622. The van der Waals surface area contributed by atoms with Gasteiger partial charge in [0.1, 0.15) is 12.1 Å². The summed E-state index contributed by atoms with van der Waals surface area (Å²) in [6, 6.07) is 6.11. The summed E-state index contributed by atoms with van der Waals surface area (Å²) in [5.41, 5.74) is 0. The molecule has 0 unspecified atom stereocenters. The number of sulfonamides is 1. The first-order valence-corrected chi connectivity index (χ1v) is 7.50. The van der Waals surface area contributed by atoms with Crippen LogP contribution in [0.1, 0.15) is 13.8 Å². The van der Waals surface area contributed by atoms with E-state index in [1.54, 1.807) is 6.07 Å². The van der Waals surface area contributed by atoms with E-state index in [2.05, 4.69) is 4.72 Å². The highest BCUT2D eigenvalue weighted by Crippen LogP contribution is 2.14. The fourth-order valence-electron chi connectivity index (χ4n) is 1.27. The summed E-state index contributed by atoms with van der Waals surface area (Å²) >= 11 is 5.67. The number of nitrogens with one attached hydrogen (secondary N) is 1. The van der Waals surface area contributed by atoms with Crippen molar-refractivity contribution < 1.29 is 17.9 Å². The van der Waals surface area contributed by atoms with Gasteiger partial charge in [-0.25, -0.2) is 8.42 Å². The molecule has 0 aliphatic rings. The molecule has 0 spiro atoms. The van der Waals surface area contributed by atoms with E-state index in [1.807, 2.05) is 0 Å². The molecule has 0 aromatic heterocycles. The first kappa shape index (κ1) is 16.4. The Balaban J connectivity index is 2.79. The molecule has 0 radical (unpaired) electrons. The van der Waals surface area contributed by atoms with Gasteiger partial charge in [0.25, 0.3) is 0 Å². The Labute approximate surface area is 122 Å². The average molecular weight is 317 g/mol. The fraction of sp³-hybridized carbons (Fsp3) is 0.333. The van der Waals surface area contributed by atoms with E-state index in [4.69, 9.17) is 21.6 Å². The minimum absolute atomic E-state index is 0.0186. The molecule has 0 aliphatic heterocycles. The Hall–Kier alpha value is -1.62. The minimum atomic E-state index is -3.86. The Morgan fingerprint density at radius 3 is 2.40 bits per heavy atom. The predicted octanol–water partition coefficient (Wildman–Crippen LogP) is 1.46. The van der Waals surface area contributed by atoms with Gasteiger partial charge in [-0.15, -0.1) is 0 Å². The molecule has 6 nitrogen and oxygen atoms in total. The third-order valence-electron chi connectivity index (χ3n) is 2.28. The second kappa shape index (κ2) is 6.70. The highest BCUT2D eigenvalue weighted by atomic mass is 35.5. The number of benzene rings is 1. The van der Waals surface area contributed by atoms with Crippen molar-refractivity contribution in [3.8, 4) is 6.07 Å². The molecule has 1 N–H and O–H groups in total. The van der Waals surface area contributed by atoms with E-state index in [9.17, 15) is 13.2 Å². The zero-order valence-corrected chi connectivity index (χ0v) is 12.4. The molecule has 108 valence electrons. The first-order valence-electron chi connectivity index (χ1n) is 5.64. The van der Waals surface area contributed by atoms with Gasteiger partial charge >= 0.3 is 5.97 Å². The molecular weight excluding hydrogens is 304 g/mol. The van der Waals surface area contributed by atoms with E-state index >= 15 is 0 Å². The molecule has 0 amide bonds. The summed E-state index contributed by atoms with van der Waals surface area (Å²) in [5, 5.41) is 8.93. The lowest BCUT2D eigenvalue weighted by molar-refractivity contribution is -0.147. The van der Waals surface area contributed by atoms with Crippen LogP contribution in [0.4, 0.5) is 0 Å². The largest absolute Gasteiger partial charge is 0.446 e. The van der Waals surface area contributed by atoms with Crippen LogP contribution in [0.3, 0.4) is 0 Å². The fourth-order valence-corrected chi connectivity index (χ4v) is 2.58. The van der Waals surface area contributed by atoms with Crippen molar-refractivity contribution in [1.29, 1.82) is 5.26 Å². The van der Waals surface area contributed by atoms with Crippen LogP contribution in [0.15, 0.2) is 29.2 Å². The smallest absolute Gasteiger partial charge is 0.325 e. The van der Waals surface area contributed by atoms with Crippen molar-refractivity contribution in [2.45, 2.75) is 30.9 Å². The van der Waals surface area contributed by atoms with Crippen molar-refractivity contribution in [1.82, 2.24) is 4.72 Å². The third kappa shape index (κ3) is 4.49. The van der Waals surface area contributed by atoms with Gasteiger partial charge in [-0.2, -0.15) is 9.98 Å². The average Bonchev–Trinajstić information content (AvgIpc) is 2.38. The Kier molecular flexibility index (Phi) is 5.51. The number of rotatable bonds is 5. The predicted molar refractivity (Wildman–Crippen MR) is 72.4 cm³/mol. The molecule has 0 bridgehead atoms. The maximum atomic E-state index is 12.0. The highest BCUT2D eigenvalue weighted by molar-refractivity contribution is 7.89. The summed E-state index contributed by atoms with van der Waals surface area (Å²) in [6.45, 7) is 2.72. The van der Waals surface area contributed by atoms with Crippen molar-refractivity contribution >= 4 is 27.6 Å². The normalized spacial score (nSPS) is 14.1. The molecule has 1 rings (SSSR count). The van der Waals surface area contributed by atoms with E-state index < -0.39 is 28.1 Å². The lowest BCUT2D eigenvalue weighted by atomic mass is 10.3. The maximum absolute atomic E-state index is 12.0. The topological polar surface area (TPSA) is 96.3 Å². The zero-order chi connectivity index (χ0) is 15.3. The van der Waals surface area contributed by atoms with Gasteiger partial charge in [0.2, 0.25) is 10.0 Å². The van der Waals surface area contributed by atoms with Gasteiger partial charge in [0.15, 0.2) is 6.10 Å². The van der Waals surface area contributed by atoms with Crippen molar-refractivity contribution in [2.75, 3.05) is 0 Å². The molecule has 1 aromatic carbocycles. The minimum Gasteiger partial charge on any atom is -0.446 e. The Morgan fingerprint density at radius 1 is 1.35 bits per heavy atom. The van der Waals surface area contributed by atoms with E-state index in [0.717, 1.165) is 0 Å². The van der Waals surface area contributed by atoms with Crippen molar-refractivity contribution in [3.05, 3.63) is 29.3 Å². The number of carbonyl (C=O) groups excluding carboxylic acids is 1. The van der Waals surface area contributed by atoms with Crippen LogP contribution in [0.25, 0.3) is 0 Å². The van der Waals surface area contributed by atoms with E-state index in [-0.39, 0.29) is 4.90 Å². The number of esters is 1. The quantitative estimate of drug-likeness (QED) is 0.830. The lowest BCUT2D eigenvalue weighted by Gasteiger charge is -2.14. The van der Waals surface area contributed by atoms with Gasteiger partial charge in [-0.05, 0) is 38.1 Å². The summed E-state index contributed by atoms with van der Waals surface area (Å²) in [5.74, 6) is -0.823. The van der Waals surface area contributed by atoms with Gasteiger partial charge in [-0.1, -0.05) is 11.6 Å². The molecule has 20 heavy (non-hydrogen) atoms. The maximum Gasteiger partial charge on any atom is 0.325 e. The molecule has 1 aromatic rings. The summed E-state index contributed by atoms with van der Waals surface area (Å²) in [4.78, 5) is 11.5. The summed E-state index contributed by atoms with van der Waals surface area (Å²) in [7, 11) is -3.86. The van der Waals surface area contributed by atoms with E-state index in [0.29, 0.717) is 5.02 Å². The van der Waals surface area contributed by atoms with Crippen LogP contribution in [0.5, 0.6) is 0 Å². The standard InChI is InChI=1S/C12H13ClN2O4S/c1-8(7-14)19-12(16)9(2)15-20(17,18)11-5-3-10(13)4-6-11/h3-6,8-9,15H,1-2H3/t8-,9-/m0/s1. The molecule has 0 aliphatic carbocycles. The number of halogens is 1. The monoisotopic (exact) mass is 316 g/mol. The zero-order valence-electron chi connectivity index (χ0n) is 10.8. The third-order valence-corrected chi connectivity index (χ3v) is 4.09. The van der Waals surface area contributed by atoms with Gasteiger partial charge in [0.05, 0.1) is 4.90 Å². The number of carbonyl (C=O) groups is 1. The van der Waals surface area contributed by atoms with Crippen LogP contribution >= 0.6 is 11.6 Å². The highest BCUT2D eigenvalue weighted by Gasteiger charge is 2.24. The van der Waals surface area contributed by atoms with Crippen LogP contribution in [-0.4, -0.2) is 26.5 Å². The van der Waals surface area contributed by atoms with Crippen LogP contribution < -0.4 is 4.72 Å².